The highest BCUT2D eigenvalue weighted by molar-refractivity contribution is 5.69. The predicted molar refractivity (Wildman–Crippen MR) is 145 cm³/mol. The van der Waals surface area contributed by atoms with Gasteiger partial charge < -0.3 is 52.1 Å². The van der Waals surface area contributed by atoms with Crippen LogP contribution >= 0.6 is 0 Å². The first-order valence-corrected chi connectivity index (χ1v) is 14.1. The molecule has 0 N–H and O–H groups in total. The van der Waals surface area contributed by atoms with Crippen molar-refractivity contribution >= 4 is 47.8 Å². The van der Waals surface area contributed by atoms with E-state index in [1.54, 1.807) is 0 Å². The van der Waals surface area contributed by atoms with Crippen LogP contribution in [0.25, 0.3) is 0 Å². The molecule has 0 bridgehead atoms. The topological polar surface area (TPSA) is 238 Å². The summed E-state index contributed by atoms with van der Waals surface area (Å²) in [4.78, 5) is 96.4. The Bertz CT molecular complexity index is 1210. The summed E-state index contributed by atoms with van der Waals surface area (Å²) in [6.45, 7) is 6.12. The van der Waals surface area contributed by atoms with Gasteiger partial charge >= 0.3 is 47.8 Å². The number of ether oxygens (including phenoxy) is 11. The highest BCUT2D eigenvalue weighted by atomic mass is 16.8. The van der Waals surface area contributed by atoms with Crippen LogP contribution in [-0.4, -0.2) is 122 Å². The molecule has 0 amide bonds. The Morgan fingerprint density at radius 2 is 0.915 bits per heavy atom. The lowest BCUT2D eigenvalue weighted by atomic mass is 9.97. The van der Waals surface area contributed by atoms with Gasteiger partial charge in [0, 0.05) is 55.4 Å². The molecular weight excluding hydrogens is 640 g/mol. The van der Waals surface area contributed by atoms with Crippen LogP contribution in [0.5, 0.6) is 0 Å². The second kappa shape index (κ2) is 17.0. The molecule has 2 saturated heterocycles. The predicted octanol–water partition coefficient (Wildman–Crippen LogP) is -0.829. The Labute approximate surface area is 268 Å². The summed E-state index contributed by atoms with van der Waals surface area (Å²) in [6.07, 6.45) is -13.2. The Hall–Kier alpha value is -4.36. The van der Waals surface area contributed by atoms with Gasteiger partial charge in [-0.3, -0.25) is 38.4 Å². The van der Waals surface area contributed by atoms with Crippen molar-refractivity contribution in [1.29, 1.82) is 0 Å². The van der Waals surface area contributed by atoms with Gasteiger partial charge in [-0.25, -0.2) is 0 Å². The molecule has 2 rings (SSSR count). The molecule has 2 aliphatic heterocycles. The molecular formula is C28H38O19. The molecule has 2 aliphatic rings. The largest absolute Gasteiger partial charge is 0.463 e. The second-order valence-corrected chi connectivity index (χ2v) is 10.3. The molecule has 0 aromatic carbocycles. The molecule has 0 unspecified atom stereocenters. The van der Waals surface area contributed by atoms with Crippen molar-refractivity contribution in [3.05, 3.63) is 0 Å². The third kappa shape index (κ3) is 11.4. The van der Waals surface area contributed by atoms with E-state index in [-0.39, 0.29) is 0 Å². The molecule has 19 nitrogen and oxygen atoms in total. The fourth-order valence-electron chi connectivity index (χ4n) is 4.76. The van der Waals surface area contributed by atoms with Crippen LogP contribution in [0.3, 0.4) is 0 Å². The van der Waals surface area contributed by atoms with Crippen LogP contribution in [0.15, 0.2) is 0 Å². The third-order valence-electron chi connectivity index (χ3n) is 6.24. The molecule has 264 valence electrons. The van der Waals surface area contributed by atoms with E-state index in [0.29, 0.717) is 0 Å². The van der Waals surface area contributed by atoms with Gasteiger partial charge in [-0.05, 0) is 0 Å². The molecule has 0 saturated carbocycles. The fraction of sp³-hybridized carbons (Fsp3) is 0.714. The Morgan fingerprint density at radius 3 is 1.38 bits per heavy atom. The van der Waals surface area contributed by atoms with Gasteiger partial charge in [-0.15, -0.1) is 0 Å². The second-order valence-electron chi connectivity index (χ2n) is 10.3. The molecule has 0 spiro atoms. The summed E-state index contributed by atoms with van der Waals surface area (Å²) >= 11 is 0. The summed E-state index contributed by atoms with van der Waals surface area (Å²) in [5.74, 6) is -9.54. The molecule has 47 heavy (non-hydrogen) atoms. The quantitative estimate of drug-likeness (QED) is 0.171. The minimum atomic E-state index is -2.48. The number of hydrogen-bond acceptors (Lipinski definition) is 19. The highest BCUT2D eigenvalue weighted by Crippen LogP contribution is 2.41. The fourth-order valence-corrected chi connectivity index (χ4v) is 4.76. The zero-order valence-corrected chi connectivity index (χ0v) is 27.0. The van der Waals surface area contributed by atoms with E-state index in [1.165, 1.54) is 0 Å². The van der Waals surface area contributed by atoms with Crippen LogP contribution in [-0.2, 0) is 90.5 Å². The maximum atomic E-state index is 12.3. The number of esters is 8. The van der Waals surface area contributed by atoms with E-state index in [2.05, 4.69) is 0 Å². The zero-order chi connectivity index (χ0) is 35.6. The average molecular weight is 679 g/mol. The zero-order valence-electron chi connectivity index (χ0n) is 27.0. The number of carbonyl (C=O) groups is 8. The molecule has 0 aromatic rings. The smallest absolute Gasteiger partial charge is 0.303 e. The van der Waals surface area contributed by atoms with E-state index >= 15 is 0 Å². The van der Waals surface area contributed by atoms with Crippen molar-refractivity contribution in [2.45, 2.75) is 110 Å². The van der Waals surface area contributed by atoms with E-state index in [0.717, 1.165) is 55.4 Å². The Balaban J connectivity index is 2.78. The minimum Gasteiger partial charge on any atom is -0.463 e. The van der Waals surface area contributed by atoms with Crippen molar-refractivity contribution in [1.82, 2.24) is 0 Å². The Kier molecular flexibility index (Phi) is 14.0. The molecule has 9 atom stereocenters. The van der Waals surface area contributed by atoms with Gasteiger partial charge in [-0.2, -0.15) is 0 Å². The van der Waals surface area contributed by atoms with Crippen molar-refractivity contribution < 1.29 is 90.5 Å². The van der Waals surface area contributed by atoms with Gasteiger partial charge in [0.15, 0.2) is 30.5 Å². The average Bonchev–Trinajstić information content (AvgIpc) is 3.18. The van der Waals surface area contributed by atoms with Gasteiger partial charge in [0.1, 0.15) is 32.0 Å². The van der Waals surface area contributed by atoms with E-state index in [1.807, 2.05) is 0 Å². The summed E-state index contributed by atoms with van der Waals surface area (Å²) in [7, 11) is 0. The van der Waals surface area contributed by atoms with Crippen LogP contribution < -0.4 is 0 Å². The van der Waals surface area contributed by atoms with Gasteiger partial charge in [-0.1, -0.05) is 0 Å². The number of hydrogen-bond donors (Lipinski definition) is 0. The third-order valence-corrected chi connectivity index (χ3v) is 6.24. The first-order valence-electron chi connectivity index (χ1n) is 14.1. The van der Waals surface area contributed by atoms with Crippen LogP contribution in [0.2, 0.25) is 0 Å². The minimum absolute atomic E-state index is 0.588. The molecule has 19 heteroatoms. The van der Waals surface area contributed by atoms with Gasteiger partial charge in [0.05, 0.1) is 0 Å². The van der Waals surface area contributed by atoms with Crippen LogP contribution in [0.4, 0.5) is 0 Å². The lowest BCUT2D eigenvalue weighted by Gasteiger charge is -2.46. The van der Waals surface area contributed by atoms with Crippen molar-refractivity contribution in [3.63, 3.8) is 0 Å². The van der Waals surface area contributed by atoms with Crippen LogP contribution in [0.1, 0.15) is 55.4 Å². The maximum absolute atomic E-state index is 12.3. The molecule has 2 heterocycles. The molecule has 0 radical (unpaired) electrons. The van der Waals surface area contributed by atoms with Crippen LogP contribution in [0, 0.1) is 0 Å². The van der Waals surface area contributed by atoms with Crippen molar-refractivity contribution in [2.24, 2.45) is 0 Å². The van der Waals surface area contributed by atoms with Crippen molar-refractivity contribution in [2.75, 3.05) is 19.8 Å². The molecule has 0 aromatic heterocycles. The monoisotopic (exact) mass is 678 g/mol. The van der Waals surface area contributed by atoms with E-state index in [9.17, 15) is 38.4 Å². The van der Waals surface area contributed by atoms with E-state index < -0.39 is 122 Å². The van der Waals surface area contributed by atoms with Crippen molar-refractivity contribution in [3.8, 4) is 0 Å². The van der Waals surface area contributed by atoms with Gasteiger partial charge in [0.25, 0.3) is 0 Å². The Morgan fingerprint density at radius 1 is 0.489 bits per heavy atom. The standard InChI is InChI=1S/C28H38O19/c1-12(29)37-9-20-22(40-15(4)32)24(42-17(6)34)25(43-18(7)35)27(45-20)47-28(11-39-14(3)31)26(44-19(8)36)23(41-16(5)33)21(46-28)10-38-13(2)30/h20-27H,9-11H2,1-8H3/t20-,21+,22-,23-,24+,25+,26-,27+,28-/m1/s1. The first-order chi connectivity index (χ1) is 21.8. The number of rotatable bonds is 13. The lowest BCUT2D eigenvalue weighted by molar-refractivity contribution is -0.384. The van der Waals surface area contributed by atoms with Gasteiger partial charge in [0.2, 0.25) is 12.1 Å². The number of carbonyl (C=O) groups excluding carboxylic acids is 8. The summed E-state index contributed by atoms with van der Waals surface area (Å²) in [5.41, 5.74) is 0. The SMILES string of the molecule is CC(=O)OC[C@@H]1O[C@](COC(C)=O)(O[C@@H]2O[C@H](COC(C)=O)[C@@H](OC(C)=O)[C@H](OC(C)=O)[C@@H]2OC(C)=O)[C@H](OC(C)=O)[C@@H]1OC(C)=O. The summed E-state index contributed by atoms with van der Waals surface area (Å²) in [6, 6.07) is 0. The maximum Gasteiger partial charge on any atom is 0.303 e. The summed E-state index contributed by atoms with van der Waals surface area (Å²) < 4.78 is 60.5. The normalized spacial score (nSPS) is 29.8. The molecule has 2 fully saturated rings. The molecule has 0 aliphatic carbocycles. The first kappa shape index (κ1) is 38.8. The summed E-state index contributed by atoms with van der Waals surface area (Å²) in [5, 5.41) is 0. The van der Waals surface area contributed by atoms with E-state index in [4.69, 9.17) is 52.1 Å². The highest BCUT2D eigenvalue weighted by Gasteiger charge is 2.65. The lowest BCUT2D eigenvalue weighted by Crippen LogP contribution is -2.65.